The second-order valence-electron chi connectivity index (χ2n) is 9.97. The van der Waals surface area contributed by atoms with E-state index in [-0.39, 0.29) is 6.29 Å². The Morgan fingerprint density at radius 2 is 1.45 bits per heavy atom. The number of rotatable bonds is 6. The second kappa shape index (κ2) is 11.0. The van der Waals surface area contributed by atoms with Crippen molar-refractivity contribution in [1.29, 1.82) is 0 Å². The van der Waals surface area contributed by atoms with Gasteiger partial charge in [0.25, 0.3) is 0 Å². The lowest BCUT2D eigenvalue weighted by molar-refractivity contribution is -0.223. The summed E-state index contributed by atoms with van der Waals surface area (Å²) in [6.45, 7) is 3.78. The second-order valence-corrected chi connectivity index (χ2v) is 9.97. The Bertz CT molecular complexity index is 710. The topological polar surface area (TPSA) is 18.5 Å². The summed E-state index contributed by atoms with van der Waals surface area (Å²) in [6, 6.07) is 4.44. The van der Waals surface area contributed by atoms with E-state index >= 15 is 0 Å². The van der Waals surface area contributed by atoms with Gasteiger partial charge in [-0.1, -0.05) is 31.6 Å². The maximum atomic E-state index is 13.6. The molecule has 31 heavy (non-hydrogen) atoms. The van der Waals surface area contributed by atoms with Crippen LogP contribution in [-0.4, -0.2) is 19.5 Å². The molecule has 0 bridgehead atoms. The number of halogens is 2. The number of hydrogen-bond donors (Lipinski definition) is 0. The molecule has 1 aromatic carbocycles. The van der Waals surface area contributed by atoms with Gasteiger partial charge in [-0.15, -0.1) is 0 Å². The van der Waals surface area contributed by atoms with Crippen LogP contribution in [0.5, 0.6) is 0 Å². The smallest absolute Gasteiger partial charge is 0.160 e. The van der Waals surface area contributed by atoms with Crippen LogP contribution < -0.4 is 0 Å². The molecular weight excluding hydrogens is 394 g/mol. The first kappa shape index (κ1) is 22.9. The molecule has 0 atom stereocenters. The van der Waals surface area contributed by atoms with E-state index in [1.807, 2.05) is 0 Å². The van der Waals surface area contributed by atoms with Gasteiger partial charge in [0, 0.05) is 11.8 Å². The van der Waals surface area contributed by atoms with Gasteiger partial charge in [0.1, 0.15) is 0 Å². The molecule has 3 aliphatic rings. The fourth-order valence-corrected chi connectivity index (χ4v) is 5.95. The van der Waals surface area contributed by atoms with Crippen molar-refractivity contribution in [2.24, 2.45) is 23.7 Å². The molecule has 0 unspecified atom stereocenters. The summed E-state index contributed by atoms with van der Waals surface area (Å²) in [4.78, 5) is 0. The summed E-state index contributed by atoms with van der Waals surface area (Å²) in [7, 11) is 0. The average molecular weight is 433 g/mol. The van der Waals surface area contributed by atoms with Crippen molar-refractivity contribution in [2.75, 3.05) is 13.2 Å². The number of hydrogen-bond acceptors (Lipinski definition) is 2. The molecule has 2 aliphatic carbocycles. The highest BCUT2D eigenvalue weighted by Gasteiger charge is 2.35. The van der Waals surface area contributed by atoms with E-state index in [0.717, 1.165) is 49.9 Å². The Labute approximate surface area is 186 Å². The lowest BCUT2D eigenvalue weighted by Gasteiger charge is -2.41. The minimum absolute atomic E-state index is 0.0131. The quantitative estimate of drug-likeness (QED) is 0.436. The average Bonchev–Trinajstić information content (AvgIpc) is 2.82. The Hall–Kier alpha value is -1.26. The maximum Gasteiger partial charge on any atom is 0.160 e. The van der Waals surface area contributed by atoms with Crippen molar-refractivity contribution in [3.8, 4) is 0 Å². The SMILES string of the molecule is CCC/C=C/[C@H]1CO[C@H]([C@H]2CC[C@H]([C@H]3CC[C@H](c4ccc(F)c(F)c4)CC3)CC2)OC1. The molecule has 2 saturated carbocycles. The van der Waals surface area contributed by atoms with Crippen molar-refractivity contribution >= 4 is 0 Å². The number of ether oxygens (including phenoxy) is 2. The zero-order valence-electron chi connectivity index (χ0n) is 18.9. The molecule has 3 fully saturated rings. The van der Waals surface area contributed by atoms with Gasteiger partial charge in [-0.25, -0.2) is 8.78 Å². The number of benzene rings is 1. The monoisotopic (exact) mass is 432 g/mol. The lowest BCUT2D eigenvalue weighted by atomic mass is 9.68. The van der Waals surface area contributed by atoms with Gasteiger partial charge in [-0.3, -0.25) is 0 Å². The highest BCUT2D eigenvalue weighted by molar-refractivity contribution is 5.22. The third-order valence-electron chi connectivity index (χ3n) is 7.87. The first-order valence-electron chi connectivity index (χ1n) is 12.5. The minimum Gasteiger partial charge on any atom is -0.352 e. The van der Waals surface area contributed by atoms with Crippen molar-refractivity contribution in [1.82, 2.24) is 0 Å². The fourth-order valence-electron chi connectivity index (χ4n) is 5.95. The first-order valence-corrected chi connectivity index (χ1v) is 12.5. The van der Waals surface area contributed by atoms with E-state index in [4.69, 9.17) is 9.47 Å². The van der Waals surface area contributed by atoms with Crippen LogP contribution >= 0.6 is 0 Å². The Balaban J connectivity index is 1.18. The van der Waals surface area contributed by atoms with E-state index < -0.39 is 11.6 Å². The Morgan fingerprint density at radius 1 is 0.839 bits per heavy atom. The van der Waals surface area contributed by atoms with E-state index in [1.165, 1.54) is 57.1 Å². The standard InChI is InChI=1S/C27H38F2O2/c1-2-3-4-5-19-17-30-27(31-18-19)23-12-10-21(11-13-23)20-6-8-22(9-7-20)24-14-15-25(28)26(29)16-24/h4-5,14-16,19-23,27H,2-3,6-13,17-18H2,1H3/b5-4+/t19-,20-,21-,22-,23-,27-. The van der Waals surface area contributed by atoms with Crippen LogP contribution in [0.25, 0.3) is 0 Å². The number of allylic oxidation sites excluding steroid dienone is 1. The molecule has 0 aromatic heterocycles. The summed E-state index contributed by atoms with van der Waals surface area (Å²) in [5, 5.41) is 0. The van der Waals surface area contributed by atoms with Gasteiger partial charge in [0.15, 0.2) is 17.9 Å². The number of unbranched alkanes of at least 4 members (excludes halogenated alkanes) is 1. The van der Waals surface area contributed by atoms with Crippen LogP contribution in [0.15, 0.2) is 30.4 Å². The van der Waals surface area contributed by atoms with Gasteiger partial charge >= 0.3 is 0 Å². The molecule has 172 valence electrons. The van der Waals surface area contributed by atoms with Crippen LogP contribution in [0.3, 0.4) is 0 Å². The van der Waals surface area contributed by atoms with Gasteiger partial charge in [0.2, 0.25) is 0 Å². The molecule has 1 aromatic rings. The zero-order valence-corrected chi connectivity index (χ0v) is 18.9. The van der Waals surface area contributed by atoms with Gasteiger partial charge < -0.3 is 9.47 Å². The van der Waals surface area contributed by atoms with Gasteiger partial charge in [0.05, 0.1) is 13.2 Å². The molecular formula is C27H38F2O2. The molecule has 1 aliphatic heterocycles. The van der Waals surface area contributed by atoms with E-state index in [1.54, 1.807) is 6.07 Å². The van der Waals surface area contributed by atoms with Crippen LogP contribution in [-0.2, 0) is 9.47 Å². The Morgan fingerprint density at radius 3 is 2.06 bits per heavy atom. The molecule has 0 spiro atoms. The zero-order chi connectivity index (χ0) is 21.6. The largest absolute Gasteiger partial charge is 0.352 e. The van der Waals surface area contributed by atoms with Crippen LogP contribution in [0, 0.1) is 35.3 Å². The molecule has 1 heterocycles. The molecule has 4 rings (SSSR count). The Kier molecular flexibility index (Phi) is 8.17. The molecule has 2 nitrogen and oxygen atoms in total. The molecule has 1 saturated heterocycles. The van der Waals surface area contributed by atoms with Crippen LogP contribution in [0.4, 0.5) is 8.78 Å². The van der Waals surface area contributed by atoms with E-state index in [0.29, 0.717) is 17.8 Å². The predicted octanol–water partition coefficient (Wildman–Crippen LogP) is 7.39. The van der Waals surface area contributed by atoms with E-state index in [2.05, 4.69) is 19.1 Å². The first-order chi connectivity index (χ1) is 15.1. The summed E-state index contributed by atoms with van der Waals surface area (Å²) in [5.74, 6) is 1.45. The van der Waals surface area contributed by atoms with E-state index in [9.17, 15) is 8.78 Å². The third-order valence-corrected chi connectivity index (χ3v) is 7.87. The summed E-state index contributed by atoms with van der Waals surface area (Å²) >= 11 is 0. The van der Waals surface area contributed by atoms with Crippen molar-refractivity contribution in [3.05, 3.63) is 47.5 Å². The predicted molar refractivity (Wildman–Crippen MR) is 120 cm³/mol. The normalized spacial score (nSPS) is 34.8. The van der Waals surface area contributed by atoms with Crippen molar-refractivity contribution in [2.45, 2.75) is 83.3 Å². The molecule has 0 radical (unpaired) electrons. The van der Waals surface area contributed by atoms with Gasteiger partial charge in [-0.2, -0.15) is 0 Å². The molecule has 0 amide bonds. The maximum absolute atomic E-state index is 13.6. The summed E-state index contributed by atoms with van der Waals surface area (Å²) < 4.78 is 39.0. The highest BCUT2D eigenvalue weighted by Crippen LogP contribution is 2.45. The van der Waals surface area contributed by atoms with Crippen molar-refractivity contribution < 1.29 is 18.3 Å². The third kappa shape index (κ3) is 5.96. The summed E-state index contributed by atoms with van der Waals surface area (Å²) in [6.07, 6.45) is 16.4. The van der Waals surface area contributed by atoms with Crippen LogP contribution in [0.1, 0.15) is 82.6 Å². The fraction of sp³-hybridized carbons (Fsp3) is 0.704. The van der Waals surface area contributed by atoms with Crippen LogP contribution in [0.2, 0.25) is 0 Å². The molecule has 0 N–H and O–H groups in total. The minimum atomic E-state index is -0.747. The molecule has 4 heteroatoms. The summed E-state index contributed by atoms with van der Waals surface area (Å²) in [5.41, 5.74) is 0.968. The highest BCUT2D eigenvalue weighted by atomic mass is 19.2. The lowest BCUT2D eigenvalue weighted by Crippen LogP contribution is -2.38. The van der Waals surface area contributed by atoms with Gasteiger partial charge in [-0.05, 0) is 93.2 Å². The van der Waals surface area contributed by atoms with Crippen molar-refractivity contribution in [3.63, 3.8) is 0 Å².